The fourth-order valence-corrected chi connectivity index (χ4v) is 3.39. The fraction of sp³-hybridized carbons (Fsp3) is 0.375. The average Bonchev–Trinajstić information content (AvgIpc) is 2.45. The lowest BCUT2D eigenvalue weighted by Crippen LogP contribution is -2.05. The minimum absolute atomic E-state index is 0.591. The van der Waals surface area contributed by atoms with Crippen molar-refractivity contribution in [1.82, 2.24) is 9.97 Å². The summed E-state index contributed by atoms with van der Waals surface area (Å²) in [6, 6.07) is 10.3. The molecule has 1 heterocycles. The topological polar surface area (TPSA) is 37.8 Å². The van der Waals surface area contributed by atoms with E-state index in [0.29, 0.717) is 5.92 Å². The van der Waals surface area contributed by atoms with E-state index in [9.17, 15) is 0 Å². The van der Waals surface area contributed by atoms with Gasteiger partial charge in [-0.3, -0.25) is 0 Å². The molecule has 2 rings (SSSR count). The van der Waals surface area contributed by atoms with Gasteiger partial charge in [0.25, 0.3) is 0 Å². The number of hydrogen-bond acceptors (Lipinski definition) is 4. The number of thioether (sulfide) groups is 1. The summed E-state index contributed by atoms with van der Waals surface area (Å²) in [4.78, 5) is 10.4. The third kappa shape index (κ3) is 5.00. The van der Waals surface area contributed by atoms with Gasteiger partial charge < -0.3 is 5.32 Å². The van der Waals surface area contributed by atoms with Crippen LogP contribution in [0.25, 0.3) is 0 Å². The molecule has 0 fully saturated rings. The highest BCUT2D eigenvalue weighted by molar-refractivity contribution is 9.10. The molecular formula is C16H20BrN3S. The zero-order valence-corrected chi connectivity index (χ0v) is 15.0. The predicted molar refractivity (Wildman–Crippen MR) is 93.8 cm³/mol. The number of rotatable bonds is 6. The highest BCUT2D eigenvalue weighted by Gasteiger charge is 2.07. The Morgan fingerprint density at radius 2 is 2.00 bits per heavy atom. The maximum atomic E-state index is 4.68. The van der Waals surface area contributed by atoms with Crippen LogP contribution in [-0.2, 0) is 12.2 Å². The highest BCUT2D eigenvalue weighted by atomic mass is 79.9. The van der Waals surface area contributed by atoms with E-state index >= 15 is 0 Å². The Morgan fingerprint density at radius 1 is 1.24 bits per heavy atom. The molecule has 0 saturated heterocycles. The zero-order chi connectivity index (χ0) is 15.2. The molecule has 0 amide bonds. The van der Waals surface area contributed by atoms with Crippen LogP contribution < -0.4 is 5.32 Å². The van der Waals surface area contributed by atoms with Crippen molar-refractivity contribution >= 4 is 33.5 Å². The molecule has 0 radical (unpaired) electrons. The molecular weight excluding hydrogens is 346 g/mol. The molecule has 0 bridgehead atoms. The second kappa shape index (κ2) is 7.80. The SMILES string of the molecule is CNc1cc(CC(C)C)nc(CSc2ccccc2Br)n1. The van der Waals surface area contributed by atoms with Crippen LogP contribution >= 0.6 is 27.7 Å². The van der Waals surface area contributed by atoms with Crippen molar-refractivity contribution in [1.29, 1.82) is 0 Å². The number of halogens is 1. The van der Waals surface area contributed by atoms with Crippen LogP contribution in [0, 0.1) is 5.92 Å². The first-order valence-corrected chi connectivity index (χ1v) is 8.78. The lowest BCUT2D eigenvalue weighted by molar-refractivity contribution is 0.632. The first-order valence-electron chi connectivity index (χ1n) is 7.00. The third-order valence-corrected chi connectivity index (χ3v) is 4.92. The van der Waals surface area contributed by atoms with Gasteiger partial charge in [-0.2, -0.15) is 0 Å². The molecule has 0 aliphatic rings. The van der Waals surface area contributed by atoms with Gasteiger partial charge in [0.05, 0.1) is 5.75 Å². The minimum atomic E-state index is 0.591. The Balaban J connectivity index is 2.13. The molecule has 112 valence electrons. The van der Waals surface area contributed by atoms with E-state index in [1.165, 1.54) is 4.90 Å². The van der Waals surface area contributed by atoms with Crippen molar-refractivity contribution in [2.75, 3.05) is 12.4 Å². The first kappa shape index (κ1) is 16.3. The Bertz CT molecular complexity index is 602. The molecule has 0 spiro atoms. The van der Waals surface area contributed by atoms with Crippen LogP contribution in [-0.4, -0.2) is 17.0 Å². The molecule has 0 aliphatic heterocycles. The summed E-state index contributed by atoms with van der Waals surface area (Å²) in [5, 5.41) is 3.12. The van der Waals surface area contributed by atoms with E-state index in [-0.39, 0.29) is 0 Å². The van der Waals surface area contributed by atoms with Gasteiger partial charge in [0.1, 0.15) is 11.6 Å². The smallest absolute Gasteiger partial charge is 0.141 e. The van der Waals surface area contributed by atoms with Crippen molar-refractivity contribution in [3.8, 4) is 0 Å². The van der Waals surface area contributed by atoms with Crippen LogP contribution in [0.15, 0.2) is 39.7 Å². The number of aromatic nitrogens is 2. The second-order valence-electron chi connectivity index (χ2n) is 5.23. The molecule has 21 heavy (non-hydrogen) atoms. The van der Waals surface area contributed by atoms with Crippen molar-refractivity contribution in [3.63, 3.8) is 0 Å². The van der Waals surface area contributed by atoms with Crippen molar-refractivity contribution < 1.29 is 0 Å². The number of anilines is 1. The minimum Gasteiger partial charge on any atom is -0.373 e. The van der Waals surface area contributed by atoms with E-state index in [4.69, 9.17) is 0 Å². The molecule has 0 aliphatic carbocycles. The molecule has 1 aromatic heterocycles. The maximum absolute atomic E-state index is 4.68. The van der Waals surface area contributed by atoms with Gasteiger partial charge in [0.15, 0.2) is 0 Å². The summed E-state index contributed by atoms with van der Waals surface area (Å²) in [5.74, 6) is 3.12. The molecule has 1 aromatic carbocycles. The summed E-state index contributed by atoms with van der Waals surface area (Å²) in [5.41, 5.74) is 1.10. The second-order valence-corrected chi connectivity index (χ2v) is 7.10. The number of hydrogen-bond donors (Lipinski definition) is 1. The Morgan fingerprint density at radius 3 is 2.67 bits per heavy atom. The summed E-state index contributed by atoms with van der Waals surface area (Å²) in [6.45, 7) is 4.41. The van der Waals surface area contributed by atoms with Crippen molar-refractivity contribution in [2.24, 2.45) is 5.92 Å². The van der Waals surface area contributed by atoms with Gasteiger partial charge >= 0.3 is 0 Å². The number of nitrogens with one attached hydrogen (secondary N) is 1. The highest BCUT2D eigenvalue weighted by Crippen LogP contribution is 2.29. The largest absolute Gasteiger partial charge is 0.373 e. The monoisotopic (exact) mass is 365 g/mol. The summed E-state index contributed by atoms with van der Waals surface area (Å²) >= 11 is 5.32. The third-order valence-electron chi connectivity index (χ3n) is 2.89. The van der Waals surface area contributed by atoms with Crippen LogP contribution in [0.5, 0.6) is 0 Å². The predicted octanol–water partition coefficient (Wildman–Crippen LogP) is 4.77. The molecule has 0 atom stereocenters. The van der Waals surface area contributed by atoms with E-state index in [1.807, 2.05) is 25.2 Å². The number of nitrogens with zero attached hydrogens (tertiary/aromatic N) is 2. The van der Waals surface area contributed by atoms with Gasteiger partial charge in [0, 0.05) is 28.2 Å². The van der Waals surface area contributed by atoms with Gasteiger partial charge in [0.2, 0.25) is 0 Å². The average molecular weight is 366 g/mol. The van der Waals surface area contributed by atoms with E-state index in [0.717, 1.165) is 34.0 Å². The van der Waals surface area contributed by atoms with Gasteiger partial charge in [-0.05, 0) is 40.4 Å². The van der Waals surface area contributed by atoms with E-state index in [2.05, 4.69) is 57.2 Å². The molecule has 1 N–H and O–H groups in total. The molecule has 5 heteroatoms. The van der Waals surface area contributed by atoms with Gasteiger partial charge in [-0.1, -0.05) is 26.0 Å². The van der Waals surface area contributed by atoms with Crippen molar-refractivity contribution in [3.05, 3.63) is 46.3 Å². The van der Waals surface area contributed by atoms with Gasteiger partial charge in [-0.15, -0.1) is 11.8 Å². The standard InChI is InChI=1S/C16H20BrN3S/c1-11(2)8-12-9-15(18-3)20-16(19-12)10-21-14-7-5-4-6-13(14)17/h4-7,9,11H,8,10H2,1-3H3,(H,18,19,20). The van der Waals surface area contributed by atoms with E-state index < -0.39 is 0 Å². The number of benzene rings is 1. The molecule has 3 nitrogen and oxygen atoms in total. The fourth-order valence-electron chi connectivity index (χ4n) is 1.97. The zero-order valence-electron chi connectivity index (χ0n) is 12.6. The lowest BCUT2D eigenvalue weighted by atomic mass is 10.1. The normalized spacial score (nSPS) is 10.9. The molecule has 2 aromatic rings. The van der Waals surface area contributed by atoms with Gasteiger partial charge in [-0.25, -0.2) is 9.97 Å². The van der Waals surface area contributed by atoms with Crippen molar-refractivity contribution in [2.45, 2.75) is 30.9 Å². The van der Waals surface area contributed by atoms with Crippen LogP contribution in [0.3, 0.4) is 0 Å². The van der Waals surface area contributed by atoms with Crippen LogP contribution in [0.4, 0.5) is 5.82 Å². The Kier molecular flexibility index (Phi) is 6.06. The summed E-state index contributed by atoms with van der Waals surface area (Å²) in [7, 11) is 1.90. The first-order chi connectivity index (χ1) is 10.1. The Labute approximate surface area is 139 Å². The Hall–Kier alpha value is -1.07. The lowest BCUT2D eigenvalue weighted by Gasteiger charge is -2.10. The van der Waals surface area contributed by atoms with Crippen LogP contribution in [0.2, 0.25) is 0 Å². The maximum Gasteiger partial charge on any atom is 0.141 e. The summed E-state index contributed by atoms with van der Waals surface area (Å²) in [6.07, 6.45) is 0.976. The van der Waals surface area contributed by atoms with E-state index in [1.54, 1.807) is 11.8 Å². The quantitative estimate of drug-likeness (QED) is 0.748. The molecule has 0 saturated carbocycles. The van der Waals surface area contributed by atoms with Crippen LogP contribution in [0.1, 0.15) is 25.4 Å². The summed E-state index contributed by atoms with van der Waals surface area (Å²) < 4.78 is 1.11. The molecule has 0 unspecified atom stereocenters.